The Labute approximate surface area is 168 Å². The topological polar surface area (TPSA) is 52.6 Å². The second-order valence-corrected chi connectivity index (χ2v) is 7.32. The van der Waals surface area contributed by atoms with Gasteiger partial charge in [-0.2, -0.15) is 12.1 Å². The minimum absolute atomic E-state index is 0. The Morgan fingerprint density at radius 2 is 1.50 bits per heavy atom. The van der Waals surface area contributed by atoms with Crippen molar-refractivity contribution in [3.8, 4) is 11.5 Å². The fraction of sp³-hybridized carbons (Fsp3) is 0.667. The van der Waals surface area contributed by atoms with Gasteiger partial charge in [0, 0.05) is 0 Å². The van der Waals surface area contributed by atoms with Crippen LogP contribution in [0.15, 0.2) is 12.1 Å². The average Bonchev–Trinajstić information content (AvgIpc) is 2.84. The van der Waals surface area contributed by atoms with E-state index in [0.717, 1.165) is 24.8 Å². The number of aryl methyl sites for hydroxylation is 1. The summed E-state index contributed by atoms with van der Waals surface area (Å²) in [7, 11) is -3.91. The Hall–Kier alpha value is -0.230. The Bertz CT molecular complexity index is 587. The minimum atomic E-state index is -3.91. The standard InChI is InChI=1S/C18H27O4S.Na/c1-2-3-4-5-6-7-8-9-10-11-13-16-14-12-15-17-18(16)22-23(19,20)21-17;/h12,14H,2-11,13H2,1H3;/q-1;+1. The van der Waals surface area contributed by atoms with Crippen molar-refractivity contribution in [1.29, 1.82) is 0 Å². The van der Waals surface area contributed by atoms with Crippen molar-refractivity contribution in [3.05, 3.63) is 23.8 Å². The first kappa shape index (κ1) is 21.8. The van der Waals surface area contributed by atoms with Gasteiger partial charge in [-0.15, -0.1) is 20.0 Å². The summed E-state index contributed by atoms with van der Waals surface area (Å²) in [5, 5.41) is 0. The largest absolute Gasteiger partial charge is 1.00 e. The normalized spacial score (nSPS) is 14.4. The Morgan fingerprint density at radius 1 is 0.917 bits per heavy atom. The molecular formula is C18H27NaO4S. The summed E-state index contributed by atoms with van der Waals surface area (Å²) in [5.41, 5.74) is 0.888. The van der Waals surface area contributed by atoms with Crippen molar-refractivity contribution >= 4 is 10.4 Å². The van der Waals surface area contributed by atoms with Crippen LogP contribution in [0, 0.1) is 6.07 Å². The van der Waals surface area contributed by atoms with E-state index in [-0.39, 0.29) is 35.3 Å². The van der Waals surface area contributed by atoms with Crippen molar-refractivity contribution < 1.29 is 46.3 Å². The minimum Gasteiger partial charge on any atom is -0.413 e. The third-order valence-electron chi connectivity index (χ3n) is 4.17. The maximum atomic E-state index is 11.3. The maximum absolute atomic E-state index is 11.3. The summed E-state index contributed by atoms with van der Waals surface area (Å²) < 4.78 is 32.3. The van der Waals surface area contributed by atoms with E-state index in [1.807, 2.05) is 6.07 Å². The van der Waals surface area contributed by atoms with E-state index in [2.05, 4.69) is 13.0 Å². The third kappa shape index (κ3) is 7.34. The molecule has 0 N–H and O–H groups in total. The fourth-order valence-corrected chi connectivity index (χ4v) is 3.63. The van der Waals surface area contributed by atoms with Crippen LogP contribution in [0.2, 0.25) is 0 Å². The van der Waals surface area contributed by atoms with Crippen LogP contribution in [0.5, 0.6) is 11.5 Å². The maximum Gasteiger partial charge on any atom is 1.00 e. The molecule has 0 fully saturated rings. The van der Waals surface area contributed by atoms with Crippen LogP contribution in [0.3, 0.4) is 0 Å². The molecule has 0 bridgehead atoms. The molecule has 0 radical (unpaired) electrons. The molecular weight excluding hydrogens is 335 g/mol. The van der Waals surface area contributed by atoms with Gasteiger partial charge in [-0.05, 0) is 6.42 Å². The molecule has 4 nitrogen and oxygen atoms in total. The van der Waals surface area contributed by atoms with Gasteiger partial charge < -0.3 is 8.37 Å². The first-order valence-electron chi connectivity index (χ1n) is 8.80. The first-order chi connectivity index (χ1) is 11.1. The predicted octanol–water partition coefficient (Wildman–Crippen LogP) is 1.97. The average molecular weight is 362 g/mol. The van der Waals surface area contributed by atoms with Crippen LogP contribution < -0.4 is 37.9 Å². The van der Waals surface area contributed by atoms with E-state index in [0.29, 0.717) is 5.75 Å². The number of rotatable bonds is 11. The third-order valence-corrected chi connectivity index (χ3v) is 4.91. The van der Waals surface area contributed by atoms with Crippen LogP contribution >= 0.6 is 0 Å². The zero-order valence-electron chi connectivity index (χ0n) is 15.0. The Balaban J connectivity index is 0.00000288. The Morgan fingerprint density at radius 3 is 2.12 bits per heavy atom. The molecule has 0 amide bonds. The van der Waals surface area contributed by atoms with Gasteiger partial charge in [-0.25, -0.2) is 0 Å². The molecule has 130 valence electrons. The second-order valence-electron chi connectivity index (χ2n) is 6.17. The fourth-order valence-electron chi connectivity index (χ4n) is 2.88. The number of fused-ring (bicyclic) bond motifs is 1. The predicted molar refractivity (Wildman–Crippen MR) is 91.0 cm³/mol. The zero-order valence-corrected chi connectivity index (χ0v) is 17.8. The number of benzene rings is 1. The van der Waals surface area contributed by atoms with E-state index in [4.69, 9.17) is 8.37 Å². The van der Waals surface area contributed by atoms with Crippen LogP contribution in [0.25, 0.3) is 0 Å². The molecule has 0 aromatic heterocycles. The molecule has 6 heteroatoms. The molecule has 1 aromatic carbocycles. The molecule has 1 aliphatic heterocycles. The van der Waals surface area contributed by atoms with E-state index in [9.17, 15) is 8.42 Å². The van der Waals surface area contributed by atoms with Crippen molar-refractivity contribution in [3.63, 3.8) is 0 Å². The van der Waals surface area contributed by atoms with Crippen molar-refractivity contribution in [2.24, 2.45) is 0 Å². The molecule has 0 saturated carbocycles. The quantitative estimate of drug-likeness (QED) is 0.343. The summed E-state index contributed by atoms with van der Waals surface area (Å²) >= 11 is 0. The number of hydrogen-bond donors (Lipinski definition) is 0. The zero-order chi connectivity index (χ0) is 16.5. The van der Waals surface area contributed by atoms with Crippen LogP contribution in [-0.4, -0.2) is 8.42 Å². The molecule has 0 unspecified atom stereocenters. The molecule has 0 aliphatic carbocycles. The van der Waals surface area contributed by atoms with Crippen molar-refractivity contribution in [1.82, 2.24) is 0 Å². The van der Waals surface area contributed by atoms with Gasteiger partial charge in [-0.3, -0.25) is 0 Å². The summed E-state index contributed by atoms with van der Waals surface area (Å²) in [6, 6.07) is 6.30. The molecule has 0 atom stereocenters. The summed E-state index contributed by atoms with van der Waals surface area (Å²) in [4.78, 5) is 0. The van der Waals surface area contributed by atoms with Gasteiger partial charge in [0.25, 0.3) is 0 Å². The second kappa shape index (κ2) is 11.4. The molecule has 24 heavy (non-hydrogen) atoms. The Kier molecular flexibility index (Phi) is 10.4. The smallest absolute Gasteiger partial charge is 0.413 e. The SMILES string of the molecule is CCCCCCCCCCCCc1cc[c-]c2c1OS(=O)(=O)O2.[Na+]. The number of hydrogen-bond acceptors (Lipinski definition) is 4. The van der Waals surface area contributed by atoms with Crippen LogP contribution in [0.1, 0.15) is 76.7 Å². The van der Waals surface area contributed by atoms with Gasteiger partial charge in [0.1, 0.15) is 0 Å². The van der Waals surface area contributed by atoms with Gasteiger partial charge in [0.15, 0.2) is 0 Å². The molecule has 1 aliphatic rings. The van der Waals surface area contributed by atoms with E-state index in [1.165, 1.54) is 51.4 Å². The monoisotopic (exact) mass is 362 g/mol. The van der Waals surface area contributed by atoms with Gasteiger partial charge >= 0.3 is 40.0 Å². The molecule has 0 spiro atoms. The molecule has 0 saturated heterocycles. The van der Waals surface area contributed by atoms with Gasteiger partial charge in [0.2, 0.25) is 0 Å². The van der Waals surface area contributed by atoms with E-state index < -0.39 is 10.4 Å². The van der Waals surface area contributed by atoms with Crippen LogP contribution in [-0.2, 0) is 16.8 Å². The first-order valence-corrected chi connectivity index (χ1v) is 10.1. The summed E-state index contributed by atoms with van der Waals surface area (Å²) in [6.45, 7) is 2.24. The van der Waals surface area contributed by atoms with Crippen molar-refractivity contribution in [2.75, 3.05) is 0 Å². The molecule has 1 heterocycles. The van der Waals surface area contributed by atoms with E-state index >= 15 is 0 Å². The van der Waals surface area contributed by atoms with Gasteiger partial charge in [0.05, 0.1) is 11.5 Å². The molecule has 1 aromatic rings. The summed E-state index contributed by atoms with van der Waals surface area (Å²) in [5.74, 6) is 0.512. The van der Waals surface area contributed by atoms with E-state index in [1.54, 1.807) is 6.07 Å². The summed E-state index contributed by atoms with van der Waals surface area (Å²) in [6.07, 6.45) is 13.6. The van der Waals surface area contributed by atoms with Crippen molar-refractivity contribution in [2.45, 2.75) is 77.6 Å². The van der Waals surface area contributed by atoms with Gasteiger partial charge in [-0.1, -0.05) is 71.1 Å². The van der Waals surface area contributed by atoms with Crippen LogP contribution in [0.4, 0.5) is 0 Å². The molecule has 2 rings (SSSR count). The number of unbranched alkanes of at least 4 members (excludes halogenated alkanes) is 9.